The van der Waals surface area contributed by atoms with E-state index < -0.39 is 0 Å². The van der Waals surface area contributed by atoms with E-state index in [4.69, 9.17) is 4.74 Å². The van der Waals surface area contributed by atoms with Crippen LogP contribution in [0, 0.1) is 17.8 Å². The van der Waals surface area contributed by atoms with Crippen LogP contribution in [-0.4, -0.2) is 6.61 Å². The first-order chi connectivity index (χ1) is 13.8. The highest BCUT2D eigenvalue weighted by molar-refractivity contribution is 5.25. The third-order valence-electron chi connectivity index (χ3n) is 7.44. The van der Waals surface area contributed by atoms with Crippen molar-refractivity contribution in [2.24, 2.45) is 17.8 Å². The molecule has 1 nitrogen and oxygen atoms in total. The summed E-state index contributed by atoms with van der Waals surface area (Å²) in [6, 6.07) is 9.33. The van der Waals surface area contributed by atoms with Crippen molar-refractivity contribution in [2.75, 3.05) is 6.61 Å². The molecule has 0 radical (unpaired) electrons. The SMILES string of the molecule is C=CC[C@H]1CC[C@H]([C@H]2CC[C@H](c3ccc(COCCCCC)cc3)CC2)CC1. The molecule has 0 aromatic heterocycles. The minimum absolute atomic E-state index is 0.769. The lowest BCUT2D eigenvalue weighted by Gasteiger charge is -2.38. The number of hydrogen-bond donors (Lipinski definition) is 0. The van der Waals surface area contributed by atoms with E-state index in [1.807, 2.05) is 0 Å². The summed E-state index contributed by atoms with van der Waals surface area (Å²) in [5.74, 6) is 3.72. The van der Waals surface area contributed by atoms with Crippen LogP contribution in [0.5, 0.6) is 0 Å². The molecule has 3 rings (SSSR count). The monoisotopic (exact) mass is 382 g/mol. The molecular weight excluding hydrogens is 340 g/mol. The first kappa shape index (κ1) is 21.6. The van der Waals surface area contributed by atoms with Gasteiger partial charge in [-0.1, -0.05) is 50.1 Å². The van der Waals surface area contributed by atoms with E-state index in [1.165, 1.54) is 82.6 Å². The molecule has 2 aliphatic carbocycles. The fourth-order valence-corrected chi connectivity index (χ4v) is 5.59. The Balaban J connectivity index is 1.38. The van der Waals surface area contributed by atoms with Crippen molar-refractivity contribution in [3.8, 4) is 0 Å². The van der Waals surface area contributed by atoms with Crippen molar-refractivity contribution in [2.45, 2.75) is 96.5 Å². The summed E-state index contributed by atoms with van der Waals surface area (Å²) in [5.41, 5.74) is 2.88. The zero-order chi connectivity index (χ0) is 19.6. The van der Waals surface area contributed by atoms with Crippen molar-refractivity contribution >= 4 is 0 Å². The molecule has 0 bridgehead atoms. The second-order valence-electron chi connectivity index (χ2n) is 9.42. The lowest BCUT2D eigenvalue weighted by molar-refractivity contribution is 0.117. The van der Waals surface area contributed by atoms with Gasteiger partial charge in [-0.05, 0) is 99.0 Å². The van der Waals surface area contributed by atoms with Crippen LogP contribution in [-0.2, 0) is 11.3 Å². The van der Waals surface area contributed by atoms with Crippen LogP contribution in [0.3, 0.4) is 0 Å². The van der Waals surface area contributed by atoms with Gasteiger partial charge in [0.25, 0.3) is 0 Å². The smallest absolute Gasteiger partial charge is 0.0716 e. The fourth-order valence-electron chi connectivity index (χ4n) is 5.59. The largest absolute Gasteiger partial charge is 0.377 e. The van der Waals surface area contributed by atoms with E-state index in [2.05, 4.69) is 43.8 Å². The summed E-state index contributed by atoms with van der Waals surface area (Å²) >= 11 is 0. The van der Waals surface area contributed by atoms with Crippen LogP contribution in [0.4, 0.5) is 0 Å². The van der Waals surface area contributed by atoms with Gasteiger partial charge in [0.15, 0.2) is 0 Å². The maximum atomic E-state index is 5.81. The van der Waals surface area contributed by atoms with E-state index >= 15 is 0 Å². The molecule has 0 atom stereocenters. The first-order valence-electron chi connectivity index (χ1n) is 12.1. The first-order valence-corrected chi connectivity index (χ1v) is 12.1. The number of rotatable bonds is 10. The van der Waals surface area contributed by atoms with Crippen LogP contribution in [0.15, 0.2) is 36.9 Å². The summed E-state index contributed by atoms with van der Waals surface area (Å²) < 4.78 is 5.81. The highest BCUT2D eigenvalue weighted by atomic mass is 16.5. The van der Waals surface area contributed by atoms with Gasteiger partial charge in [-0.25, -0.2) is 0 Å². The molecular formula is C27H42O. The van der Waals surface area contributed by atoms with Gasteiger partial charge in [0.1, 0.15) is 0 Å². The third kappa shape index (κ3) is 6.48. The molecule has 156 valence electrons. The molecule has 28 heavy (non-hydrogen) atoms. The van der Waals surface area contributed by atoms with Crippen LogP contribution in [0.2, 0.25) is 0 Å². The zero-order valence-corrected chi connectivity index (χ0v) is 18.2. The molecule has 0 N–H and O–H groups in total. The molecule has 0 unspecified atom stereocenters. The van der Waals surface area contributed by atoms with E-state index in [0.717, 1.165) is 36.9 Å². The van der Waals surface area contributed by atoms with E-state index in [9.17, 15) is 0 Å². The highest BCUT2D eigenvalue weighted by Crippen LogP contribution is 2.44. The molecule has 0 saturated heterocycles. The number of ether oxygens (including phenoxy) is 1. The van der Waals surface area contributed by atoms with Crippen LogP contribution in [0.25, 0.3) is 0 Å². The van der Waals surface area contributed by atoms with Gasteiger partial charge in [-0.2, -0.15) is 0 Å². The number of allylic oxidation sites excluding steroid dienone is 1. The maximum Gasteiger partial charge on any atom is 0.0716 e. The normalized spacial score (nSPS) is 28.2. The molecule has 0 spiro atoms. The van der Waals surface area contributed by atoms with Gasteiger partial charge in [0.05, 0.1) is 6.61 Å². The Kier molecular flexibility index (Phi) is 9.12. The Bertz CT molecular complexity index is 544. The topological polar surface area (TPSA) is 9.23 Å². The predicted octanol–water partition coefficient (Wildman–Crippen LogP) is 8.05. The van der Waals surface area contributed by atoms with Crippen molar-refractivity contribution < 1.29 is 4.74 Å². The van der Waals surface area contributed by atoms with Crippen LogP contribution in [0.1, 0.15) is 101 Å². The molecule has 1 aromatic rings. The van der Waals surface area contributed by atoms with Gasteiger partial charge in [-0.3, -0.25) is 0 Å². The maximum absolute atomic E-state index is 5.81. The summed E-state index contributed by atoms with van der Waals surface area (Å²) in [6.07, 6.45) is 18.6. The summed E-state index contributed by atoms with van der Waals surface area (Å²) in [4.78, 5) is 0. The van der Waals surface area contributed by atoms with Gasteiger partial charge in [0.2, 0.25) is 0 Å². The lowest BCUT2D eigenvalue weighted by atomic mass is 9.68. The van der Waals surface area contributed by atoms with Crippen molar-refractivity contribution in [1.82, 2.24) is 0 Å². The Labute approximate surface area is 174 Å². The lowest BCUT2D eigenvalue weighted by Crippen LogP contribution is -2.25. The second kappa shape index (κ2) is 11.8. The minimum Gasteiger partial charge on any atom is -0.377 e. The number of hydrogen-bond acceptors (Lipinski definition) is 1. The molecule has 0 aliphatic heterocycles. The van der Waals surface area contributed by atoms with Crippen molar-refractivity contribution in [1.29, 1.82) is 0 Å². The van der Waals surface area contributed by atoms with Gasteiger partial charge in [0, 0.05) is 6.61 Å². The van der Waals surface area contributed by atoms with Crippen molar-refractivity contribution in [3.05, 3.63) is 48.0 Å². The highest BCUT2D eigenvalue weighted by Gasteiger charge is 2.30. The average molecular weight is 383 g/mol. The van der Waals surface area contributed by atoms with Crippen LogP contribution >= 0.6 is 0 Å². The molecule has 2 saturated carbocycles. The summed E-state index contributed by atoms with van der Waals surface area (Å²) in [6.45, 7) is 7.83. The predicted molar refractivity (Wildman–Crippen MR) is 121 cm³/mol. The molecule has 1 heteroatoms. The number of unbranched alkanes of at least 4 members (excludes halogenated alkanes) is 2. The summed E-state index contributed by atoms with van der Waals surface area (Å²) in [5, 5.41) is 0. The Hall–Kier alpha value is -1.08. The third-order valence-corrected chi connectivity index (χ3v) is 7.44. The van der Waals surface area contributed by atoms with E-state index in [0.29, 0.717) is 0 Å². The molecule has 1 aromatic carbocycles. The summed E-state index contributed by atoms with van der Waals surface area (Å²) in [7, 11) is 0. The Morgan fingerprint density at radius 3 is 2.14 bits per heavy atom. The van der Waals surface area contributed by atoms with E-state index in [-0.39, 0.29) is 0 Å². The quantitative estimate of drug-likeness (QED) is 0.294. The molecule has 2 fully saturated rings. The standard InChI is InChI=1S/C27H42O/c1-3-5-6-20-28-21-23-10-14-25(15-11-23)27-18-16-26(17-19-27)24-12-8-22(7-4-2)9-13-24/h4,10-11,14-15,22,24,26-27H,2-3,5-9,12-13,16-21H2,1H3/t22-,24-,26-,27-. The zero-order valence-electron chi connectivity index (χ0n) is 18.2. The van der Waals surface area contributed by atoms with E-state index in [1.54, 1.807) is 5.56 Å². The van der Waals surface area contributed by atoms with Crippen molar-refractivity contribution in [3.63, 3.8) is 0 Å². The number of benzene rings is 1. The Morgan fingerprint density at radius 2 is 1.54 bits per heavy atom. The minimum atomic E-state index is 0.769. The van der Waals surface area contributed by atoms with Gasteiger partial charge < -0.3 is 4.74 Å². The average Bonchev–Trinajstić information content (AvgIpc) is 2.75. The van der Waals surface area contributed by atoms with Crippen LogP contribution < -0.4 is 0 Å². The molecule has 2 aliphatic rings. The van der Waals surface area contributed by atoms with Gasteiger partial charge >= 0.3 is 0 Å². The Morgan fingerprint density at radius 1 is 0.893 bits per heavy atom. The second-order valence-corrected chi connectivity index (χ2v) is 9.42. The fraction of sp³-hybridized carbons (Fsp3) is 0.704. The molecule has 0 amide bonds. The van der Waals surface area contributed by atoms with Gasteiger partial charge in [-0.15, -0.1) is 6.58 Å². The molecule has 0 heterocycles.